The van der Waals surface area contributed by atoms with Gasteiger partial charge in [-0.2, -0.15) is 0 Å². The Morgan fingerprint density at radius 1 is 0.955 bits per heavy atom. The van der Waals surface area contributed by atoms with Gasteiger partial charge in [0.25, 0.3) is 0 Å². The molecule has 1 unspecified atom stereocenters. The molecule has 2 aromatic carbocycles. The molecule has 3 rings (SSSR count). The standard InChI is InChI=1S/C19H23NOS/c1-2-3-4-9-15(14-21)20-16-10-5-7-12-18(16)22-19-13-8-6-11-17(19)20/h5-8,10-13,15,21H,2-4,9,14H2,1H3. The second-order valence-electron chi connectivity index (χ2n) is 5.74. The van der Waals surface area contributed by atoms with Crippen LogP contribution in [0.4, 0.5) is 11.4 Å². The summed E-state index contributed by atoms with van der Waals surface area (Å²) in [5.74, 6) is 0. The number of hydrogen-bond donors (Lipinski definition) is 1. The molecular weight excluding hydrogens is 290 g/mol. The third kappa shape index (κ3) is 3.01. The van der Waals surface area contributed by atoms with Gasteiger partial charge < -0.3 is 10.0 Å². The van der Waals surface area contributed by atoms with Crippen LogP contribution in [0.2, 0.25) is 0 Å². The highest BCUT2D eigenvalue weighted by atomic mass is 32.2. The van der Waals surface area contributed by atoms with Crippen molar-refractivity contribution in [2.75, 3.05) is 11.5 Å². The van der Waals surface area contributed by atoms with Crippen molar-refractivity contribution in [2.45, 2.75) is 48.4 Å². The Hall–Kier alpha value is -1.45. The fraction of sp³-hybridized carbons (Fsp3) is 0.368. The molecule has 0 fully saturated rings. The number of benzene rings is 2. The van der Waals surface area contributed by atoms with Gasteiger partial charge in [0.15, 0.2) is 0 Å². The van der Waals surface area contributed by atoms with Gasteiger partial charge in [-0.15, -0.1) is 0 Å². The van der Waals surface area contributed by atoms with Crippen LogP contribution >= 0.6 is 11.8 Å². The molecule has 1 atom stereocenters. The number of anilines is 2. The van der Waals surface area contributed by atoms with Gasteiger partial charge in [-0.05, 0) is 30.7 Å². The Morgan fingerprint density at radius 3 is 2.09 bits per heavy atom. The van der Waals surface area contributed by atoms with Crippen molar-refractivity contribution in [1.29, 1.82) is 0 Å². The minimum atomic E-state index is 0.148. The topological polar surface area (TPSA) is 23.5 Å². The first-order valence-electron chi connectivity index (χ1n) is 8.11. The van der Waals surface area contributed by atoms with Gasteiger partial charge in [0.1, 0.15) is 0 Å². The number of rotatable bonds is 6. The van der Waals surface area contributed by atoms with Crippen LogP contribution in [-0.4, -0.2) is 17.8 Å². The molecular formula is C19H23NOS. The summed E-state index contributed by atoms with van der Waals surface area (Å²) in [7, 11) is 0. The summed E-state index contributed by atoms with van der Waals surface area (Å²) in [6.07, 6.45) is 4.62. The van der Waals surface area contributed by atoms with Crippen molar-refractivity contribution >= 4 is 23.1 Å². The van der Waals surface area contributed by atoms with E-state index in [1.165, 1.54) is 34.0 Å². The molecule has 1 N–H and O–H groups in total. The summed E-state index contributed by atoms with van der Waals surface area (Å²) < 4.78 is 0. The van der Waals surface area contributed by atoms with E-state index in [2.05, 4.69) is 60.4 Å². The van der Waals surface area contributed by atoms with Crippen LogP contribution < -0.4 is 4.90 Å². The molecule has 2 nitrogen and oxygen atoms in total. The Bertz CT molecular complexity index is 583. The summed E-state index contributed by atoms with van der Waals surface area (Å²) in [4.78, 5) is 4.89. The average molecular weight is 313 g/mol. The first-order valence-corrected chi connectivity index (χ1v) is 8.92. The molecule has 0 radical (unpaired) electrons. The monoisotopic (exact) mass is 313 g/mol. The molecule has 22 heavy (non-hydrogen) atoms. The molecule has 1 heterocycles. The number of hydrogen-bond acceptors (Lipinski definition) is 3. The number of nitrogens with zero attached hydrogens (tertiary/aromatic N) is 1. The van der Waals surface area contributed by atoms with Crippen LogP contribution in [0.25, 0.3) is 0 Å². The van der Waals surface area contributed by atoms with Gasteiger partial charge in [-0.1, -0.05) is 62.2 Å². The predicted octanol–water partition coefficient (Wildman–Crippen LogP) is 5.23. The van der Waals surface area contributed by atoms with E-state index in [0.717, 1.165) is 12.8 Å². The lowest BCUT2D eigenvalue weighted by atomic mass is 10.0. The van der Waals surface area contributed by atoms with Crippen molar-refractivity contribution in [1.82, 2.24) is 0 Å². The van der Waals surface area contributed by atoms with Crippen LogP contribution in [0.5, 0.6) is 0 Å². The number of aliphatic hydroxyl groups is 1. The van der Waals surface area contributed by atoms with Crippen molar-refractivity contribution in [3.8, 4) is 0 Å². The number of fused-ring (bicyclic) bond motifs is 2. The smallest absolute Gasteiger partial charge is 0.0639 e. The molecule has 2 aromatic rings. The molecule has 0 spiro atoms. The highest BCUT2D eigenvalue weighted by Crippen LogP contribution is 2.49. The van der Waals surface area contributed by atoms with Gasteiger partial charge in [0.05, 0.1) is 24.0 Å². The molecule has 3 heteroatoms. The zero-order chi connectivity index (χ0) is 15.4. The Balaban J connectivity index is 1.97. The van der Waals surface area contributed by atoms with Gasteiger partial charge in [-0.25, -0.2) is 0 Å². The number of unbranched alkanes of at least 4 members (excludes halogenated alkanes) is 2. The summed E-state index contributed by atoms with van der Waals surface area (Å²) in [6, 6.07) is 17.2. The largest absolute Gasteiger partial charge is 0.394 e. The van der Waals surface area contributed by atoms with Crippen LogP contribution in [0.15, 0.2) is 58.3 Å². The first-order chi connectivity index (χ1) is 10.8. The predicted molar refractivity (Wildman–Crippen MR) is 94.2 cm³/mol. The van der Waals surface area contributed by atoms with Gasteiger partial charge in [-0.3, -0.25) is 0 Å². The lowest BCUT2D eigenvalue weighted by Gasteiger charge is -2.38. The van der Waals surface area contributed by atoms with E-state index in [1.807, 2.05) is 11.8 Å². The molecule has 0 saturated carbocycles. The SMILES string of the molecule is CCCCCC(CO)N1c2ccccc2Sc2ccccc21. The quantitative estimate of drug-likeness (QED) is 0.739. The van der Waals surface area contributed by atoms with Gasteiger partial charge >= 0.3 is 0 Å². The van der Waals surface area contributed by atoms with Crippen molar-refractivity contribution in [2.24, 2.45) is 0 Å². The summed E-state index contributed by atoms with van der Waals surface area (Å²) in [5, 5.41) is 9.98. The molecule has 0 saturated heterocycles. The summed E-state index contributed by atoms with van der Waals surface area (Å²) >= 11 is 1.82. The number of para-hydroxylation sites is 2. The number of aliphatic hydroxyl groups excluding tert-OH is 1. The van der Waals surface area contributed by atoms with Crippen LogP contribution in [-0.2, 0) is 0 Å². The van der Waals surface area contributed by atoms with Gasteiger partial charge in [0.2, 0.25) is 0 Å². The average Bonchev–Trinajstić information content (AvgIpc) is 2.57. The molecule has 116 valence electrons. The zero-order valence-corrected chi connectivity index (χ0v) is 13.9. The van der Waals surface area contributed by atoms with Crippen molar-refractivity contribution in [3.05, 3.63) is 48.5 Å². The van der Waals surface area contributed by atoms with Crippen LogP contribution in [0.3, 0.4) is 0 Å². The molecule has 0 aromatic heterocycles. The summed E-state index contributed by atoms with van der Waals surface area (Å²) in [6.45, 7) is 2.41. The van der Waals surface area contributed by atoms with E-state index in [4.69, 9.17) is 0 Å². The molecule has 1 aliphatic heterocycles. The Labute approximate surface area is 137 Å². The van der Waals surface area contributed by atoms with Gasteiger partial charge in [0, 0.05) is 9.79 Å². The second kappa shape index (κ2) is 7.21. The fourth-order valence-electron chi connectivity index (χ4n) is 3.06. The molecule has 0 aliphatic carbocycles. The van der Waals surface area contributed by atoms with E-state index < -0.39 is 0 Å². The summed E-state index contributed by atoms with van der Waals surface area (Å²) in [5.41, 5.74) is 2.45. The lowest BCUT2D eigenvalue weighted by Crippen LogP contribution is -2.36. The van der Waals surface area contributed by atoms with E-state index >= 15 is 0 Å². The Morgan fingerprint density at radius 2 is 1.55 bits per heavy atom. The highest BCUT2D eigenvalue weighted by molar-refractivity contribution is 7.99. The van der Waals surface area contributed by atoms with E-state index in [9.17, 15) is 5.11 Å². The van der Waals surface area contributed by atoms with E-state index in [0.29, 0.717) is 0 Å². The third-order valence-corrected chi connectivity index (χ3v) is 5.32. The minimum absolute atomic E-state index is 0.148. The second-order valence-corrected chi connectivity index (χ2v) is 6.82. The maximum atomic E-state index is 9.98. The Kier molecular flexibility index (Phi) is 5.06. The molecule has 1 aliphatic rings. The third-order valence-electron chi connectivity index (χ3n) is 4.19. The van der Waals surface area contributed by atoms with Crippen LogP contribution in [0.1, 0.15) is 32.6 Å². The maximum absolute atomic E-state index is 9.98. The normalized spacial score (nSPS) is 14.4. The van der Waals surface area contributed by atoms with E-state index in [-0.39, 0.29) is 12.6 Å². The molecule has 0 amide bonds. The van der Waals surface area contributed by atoms with Crippen molar-refractivity contribution < 1.29 is 5.11 Å². The molecule has 0 bridgehead atoms. The zero-order valence-electron chi connectivity index (χ0n) is 13.0. The van der Waals surface area contributed by atoms with Crippen molar-refractivity contribution in [3.63, 3.8) is 0 Å². The first kappa shape index (κ1) is 15.4. The minimum Gasteiger partial charge on any atom is -0.394 e. The highest BCUT2D eigenvalue weighted by Gasteiger charge is 2.28. The van der Waals surface area contributed by atoms with Crippen LogP contribution in [0, 0.1) is 0 Å². The lowest BCUT2D eigenvalue weighted by molar-refractivity contribution is 0.256. The fourth-order valence-corrected chi connectivity index (χ4v) is 4.13. The maximum Gasteiger partial charge on any atom is 0.0639 e. The van der Waals surface area contributed by atoms with E-state index in [1.54, 1.807) is 0 Å².